The van der Waals surface area contributed by atoms with Gasteiger partial charge in [0.05, 0.1) is 6.10 Å². The maximum absolute atomic E-state index is 12.0. The first-order valence-electron chi connectivity index (χ1n) is 7.31. The van der Waals surface area contributed by atoms with E-state index in [1.54, 1.807) is 11.0 Å². The molecule has 108 valence electrons. The van der Waals surface area contributed by atoms with Gasteiger partial charge in [-0.25, -0.2) is 0 Å². The molecule has 1 aliphatic rings. The number of piperidine rings is 1. The predicted molar refractivity (Wildman–Crippen MR) is 81.4 cm³/mol. The van der Waals surface area contributed by atoms with E-state index >= 15 is 0 Å². The molecule has 0 bridgehead atoms. The summed E-state index contributed by atoms with van der Waals surface area (Å²) in [7, 11) is 0. The number of amides is 1. The Hall–Kier alpha value is -1.61. The van der Waals surface area contributed by atoms with E-state index in [0.717, 1.165) is 24.9 Å². The van der Waals surface area contributed by atoms with Crippen molar-refractivity contribution in [3.8, 4) is 0 Å². The van der Waals surface area contributed by atoms with Crippen LogP contribution in [0.4, 0.5) is 0 Å². The molecule has 0 aromatic heterocycles. The third-order valence-electron chi connectivity index (χ3n) is 3.73. The number of aliphatic hydroxyl groups excluding tert-OH is 1. The van der Waals surface area contributed by atoms with Crippen molar-refractivity contribution in [2.24, 2.45) is 0 Å². The van der Waals surface area contributed by atoms with Crippen molar-refractivity contribution in [2.45, 2.75) is 38.7 Å². The van der Waals surface area contributed by atoms with Crippen LogP contribution in [0.15, 0.2) is 30.3 Å². The fourth-order valence-corrected chi connectivity index (χ4v) is 2.42. The number of β-amino-alcohol motifs (C(OH)–C–C–N with tert-alkyl or cyclic N) is 1. The molecule has 1 aliphatic heterocycles. The van der Waals surface area contributed by atoms with Gasteiger partial charge in [0.25, 0.3) is 0 Å². The van der Waals surface area contributed by atoms with Gasteiger partial charge < -0.3 is 10.0 Å². The van der Waals surface area contributed by atoms with Gasteiger partial charge in [0.2, 0.25) is 5.91 Å². The van der Waals surface area contributed by atoms with Crippen LogP contribution in [-0.2, 0) is 4.79 Å². The molecule has 1 N–H and O–H groups in total. The minimum atomic E-state index is -0.369. The third-order valence-corrected chi connectivity index (χ3v) is 3.73. The summed E-state index contributed by atoms with van der Waals surface area (Å²) in [4.78, 5) is 13.7. The highest BCUT2D eigenvalue weighted by Crippen LogP contribution is 2.16. The highest BCUT2D eigenvalue weighted by molar-refractivity contribution is 5.91. The Labute approximate surface area is 120 Å². The first kappa shape index (κ1) is 14.8. The largest absolute Gasteiger partial charge is 0.391 e. The summed E-state index contributed by atoms with van der Waals surface area (Å²) < 4.78 is 0. The van der Waals surface area contributed by atoms with Crippen LogP contribution in [-0.4, -0.2) is 35.1 Å². The lowest BCUT2D eigenvalue weighted by Gasteiger charge is -2.29. The average molecular weight is 273 g/mol. The number of rotatable bonds is 3. The maximum Gasteiger partial charge on any atom is 0.246 e. The maximum atomic E-state index is 12.0. The topological polar surface area (TPSA) is 40.5 Å². The summed E-state index contributed by atoms with van der Waals surface area (Å²) in [6.45, 7) is 5.52. The molecule has 1 fully saturated rings. The minimum absolute atomic E-state index is 0.0170. The zero-order valence-corrected chi connectivity index (χ0v) is 12.2. The number of carbonyl (C=O) groups excluding carboxylic acids is 1. The summed E-state index contributed by atoms with van der Waals surface area (Å²) in [6.07, 6.45) is 4.75. The Balaban J connectivity index is 1.96. The lowest BCUT2D eigenvalue weighted by Crippen LogP contribution is -2.41. The molecule has 1 aromatic rings. The SMILES string of the molecule is CC(C)c1ccc(/C=C/C(=O)N2CCC[C@H](O)C2)cc1. The normalized spacial score (nSPS) is 19.8. The molecule has 1 amide bonds. The van der Waals surface area contributed by atoms with E-state index in [9.17, 15) is 9.90 Å². The van der Waals surface area contributed by atoms with Gasteiger partial charge in [0.15, 0.2) is 0 Å². The van der Waals surface area contributed by atoms with Gasteiger partial charge in [-0.05, 0) is 36.0 Å². The lowest BCUT2D eigenvalue weighted by molar-refractivity contribution is -0.128. The van der Waals surface area contributed by atoms with Crippen molar-refractivity contribution in [3.05, 3.63) is 41.5 Å². The Bertz CT molecular complexity index is 476. The van der Waals surface area contributed by atoms with Crippen molar-refractivity contribution >= 4 is 12.0 Å². The molecule has 0 unspecified atom stereocenters. The van der Waals surface area contributed by atoms with E-state index in [4.69, 9.17) is 0 Å². The molecule has 1 atom stereocenters. The monoisotopic (exact) mass is 273 g/mol. The van der Waals surface area contributed by atoms with Crippen LogP contribution >= 0.6 is 0 Å². The third kappa shape index (κ3) is 3.94. The van der Waals surface area contributed by atoms with Gasteiger partial charge in [0, 0.05) is 19.2 Å². The average Bonchev–Trinajstić information content (AvgIpc) is 2.45. The standard InChI is InChI=1S/C17H23NO2/c1-13(2)15-8-5-14(6-9-15)7-10-17(20)18-11-3-4-16(19)12-18/h5-10,13,16,19H,3-4,11-12H2,1-2H3/b10-7+/t16-/m0/s1. The summed E-state index contributed by atoms with van der Waals surface area (Å²) >= 11 is 0. The van der Waals surface area contributed by atoms with Crippen molar-refractivity contribution in [1.29, 1.82) is 0 Å². The molecule has 0 aliphatic carbocycles. The highest BCUT2D eigenvalue weighted by atomic mass is 16.3. The fraction of sp³-hybridized carbons (Fsp3) is 0.471. The van der Waals surface area contributed by atoms with Crippen LogP contribution in [0.5, 0.6) is 0 Å². The van der Waals surface area contributed by atoms with Crippen LogP contribution in [0.25, 0.3) is 6.08 Å². The molecule has 1 heterocycles. The van der Waals surface area contributed by atoms with E-state index in [1.807, 2.05) is 18.2 Å². The Morgan fingerprint density at radius 1 is 1.35 bits per heavy atom. The molecule has 0 saturated carbocycles. The van der Waals surface area contributed by atoms with E-state index in [2.05, 4.69) is 26.0 Å². The van der Waals surface area contributed by atoms with Gasteiger partial charge in [-0.2, -0.15) is 0 Å². The van der Waals surface area contributed by atoms with Crippen LogP contribution in [0.3, 0.4) is 0 Å². The second-order valence-electron chi connectivity index (χ2n) is 5.74. The molecule has 1 aromatic carbocycles. The molecule has 20 heavy (non-hydrogen) atoms. The second-order valence-corrected chi connectivity index (χ2v) is 5.74. The molecule has 1 saturated heterocycles. The van der Waals surface area contributed by atoms with Crippen LogP contribution in [0.2, 0.25) is 0 Å². The number of nitrogens with zero attached hydrogens (tertiary/aromatic N) is 1. The summed E-state index contributed by atoms with van der Waals surface area (Å²) in [5, 5.41) is 9.58. The van der Waals surface area contributed by atoms with Crippen molar-refractivity contribution in [1.82, 2.24) is 4.90 Å². The van der Waals surface area contributed by atoms with Gasteiger partial charge >= 0.3 is 0 Å². The molecular formula is C17H23NO2. The predicted octanol–water partition coefficient (Wildman–Crippen LogP) is 2.81. The smallest absolute Gasteiger partial charge is 0.246 e. The first-order valence-corrected chi connectivity index (χ1v) is 7.31. The van der Waals surface area contributed by atoms with Crippen LogP contribution < -0.4 is 0 Å². The summed E-state index contributed by atoms with van der Waals surface area (Å²) in [6, 6.07) is 8.26. The van der Waals surface area contributed by atoms with Gasteiger partial charge in [0.1, 0.15) is 0 Å². The summed E-state index contributed by atoms with van der Waals surface area (Å²) in [5.41, 5.74) is 2.33. The molecule has 0 spiro atoms. The van der Waals surface area contributed by atoms with E-state index in [1.165, 1.54) is 5.56 Å². The van der Waals surface area contributed by atoms with E-state index in [-0.39, 0.29) is 12.0 Å². The number of hydrogen-bond acceptors (Lipinski definition) is 2. The minimum Gasteiger partial charge on any atom is -0.391 e. The fourth-order valence-electron chi connectivity index (χ4n) is 2.42. The number of carbonyl (C=O) groups is 1. The van der Waals surface area contributed by atoms with E-state index < -0.39 is 0 Å². The van der Waals surface area contributed by atoms with Crippen LogP contribution in [0, 0.1) is 0 Å². The van der Waals surface area contributed by atoms with Gasteiger partial charge in [-0.15, -0.1) is 0 Å². The Morgan fingerprint density at radius 2 is 2.05 bits per heavy atom. The number of aliphatic hydroxyl groups is 1. The number of hydrogen-bond donors (Lipinski definition) is 1. The van der Waals surface area contributed by atoms with Gasteiger partial charge in [-0.3, -0.25) is 4.79 Å². The van der Waals surface area contributed by atoms with Crippen molar-refractivity contribution in [2.75, 3.05) is 13.1 Å². The Morgan fingerprint density at radius 3 is 2.65 bits per heavy atom. The van der Waals surface area contributed by atoms with Crippen molar-refractivity contribution < 1.29 is 9.90 Å². The lowest BCUT2D eigenvalue weighted by atomic mass is 10.0. The molecule has 3 heteroatoms. The number of benzene rings is 1. The Kier molecular flexibility index (Phi) is 4.96. The number of likely N-dealkylation sites (tertiary alicyclic amines) is 1. The molecule has 0 radical (unpaired) electrons. The zero-order chi connectivity index (χ0) is 14.5. The van der Waals surface area contributed by atoms with E-state index in [0.29, 0.717) is 12.5 Å². The van der Waals surface area contributed by atoms with Crippen LogP contribution in [0.1, 0.15) is 43.7 Å². The first-order chi connectivity index (χ1) is 9.56. The van der Waals surface area contributed by atoms with Gasteiger partial charge in [-0.1, -0.05) is 38.1 Å². The quantitative estimate of drug-likeness (QED) is 0.860. The molecule has 3 nitrogen and oxygen atoms in total. The highest BCUT2D eigenvalue weighted by Gasteiger charge is 2.20. The zero-order valence-electron chi connectivity index (χ0n) is 12.2. The molecular weight excluding hydrogens is 250 g/mol. The molecule has 2 rings (SSSR count). The summed E-state index contributed by atoms with van der Waals surface area (Å²) in [5.74, 6) is 0.501. The van der Waals surface area contributed by atoms with Crippen molar-refractivity contribution in [3.63, 3.8) is 0 Å². The second kappa shape index (κ2) is 6.71.